The third-order valence-electron chi connectivity index (χ3n) is 3.02. The molecule has 0 saturated heterocycles. The highest BCUT2D eigenvalue weighted by Gasteiger charge is 2.18. The molecule has 0 unspecified atom stereocenters. The van der Waals surface area contributed by atoms with Crippen LogP contribution < -0.4 is 16.6 Å². The first-order chi connectivity index (χ1) is 9.43. The molecule has 0 bridgehead atoms. The van der Waals surface area contributed by atoms with Gasteiger partial charge in [-0.3, -0.25) is 14.2 Å². The largest absolute Gasteiger partial charge is 0.350 e. The Morgan fingerprint density at radius 1 is 1.52 bits per heavy atom. The molecule has 6 nitrogen and oxygen atoms in total. The molecule has 21 heavy (non-hydrogen) atoms. The SMILES string of the molecule is CC(C)(CN)NC(=O)CCn1cnc2sccc2c1=O.Cl. The van der Waals surface area contributed by atoms with Gasteiger partial charge in [-0.25, -0.2) is 4.98 Å². The van der Waals surface area contributed by atoms with E-state index in [1.54, 1.807) is 6.07 Å². The second-order valence-corrected chi connectivity index (χ2v) is 6.16. The number of carbonyl (C=O) groups excluding carboxylic acids is 1. The van der Waals surface area contributed by atoms with Gasteiger partial charge in [-0.2, -0.15) is 0 Å². The summed E-state index contributed by atoms with van der Waals surface area (Å²) in [7, 11) is 0. The highest BCUT2D eigenvalue weighted by Crippen LogP contribution is 2.13. The highest BCUT2D eigenvalue weighted by atomic mass is 35.5. The Balaban J connectivity index is 0.00000220. The Labute approximate surface area is 132 Å². The van der Waals surface area contributed by atoms with Crippen LogP contribution in [0.1, 0.15) is 20.3 Å². The predicted molar refractivity (Wildman–Crippen MR) is 87.0 cm³/mol. The molecule has 0 fully saturated rings. The molecule has 0 aliphatic rings. The van der Waals surface area contributed by atoms with Crippen molar-refractivity contribution in [3.8, 4) is 0 Å². The molecule has 0 saturated carbocycles. The molecule has 1 amide bonds. The summed E-state index contributed by atoms with van der Waals surface area (Å²) in [6, 6.07) is 1.75. The van der Waals surface area contributed by atoms with Gasteiger partial charge < -0.3 is 11.1 Å². The topological polar surface area (TPSA) is 90.0 Å². The highest BCUT2D eigenvalue weighted by molar-refractivity contribution is 7.16. The first-order valence-electron chi connectivity index (χ1n) is 6.37. The molecule has 0 spiro atoms. The molecule has 0 aromatic carbocycles. The van der Waals surface area contributed by atoms with Crippen LogP contribution in [0.3, 0.4) is 0 Å². The lowest BCUT2D eigenvalue weighted by Gasteiger charge is -2.24. The molecule has 0 atom stereocenters. The number of hydrogen-bond acceptors (Lipinski definition) is 5. The van der Waals surface area contributed by atoms with Crippen molar-refractivity contribution in [2.24, 2.45) is 5.73 Å². The lowest BCUT2D eigenvalue weighted by atomic mass is 10.1. The summed E-state index contributed by atoms with van der Waals surface area (Å²) in [5.41, 5.74) is 5.02. The Hall–Kier alpha value is -1.44. The molecular formula is C13H19ClN4O2S. The number of carbonyl (C=O) groups is 1. The van der Waals surface area contributed by atoms with E-state index >= 15 is 0 Å². The quantitative estimate of drug-likeness (QED) is 0.859. The van der Waals surface area contributed by atoms with E-state index in [-0.39, 0.29) is 30.3 Å². The van der Waals surface area contributed by atoms with Crippen molar-refractivity contribution in [1.82, 2.24) is 14.9 Å². The molecule has 2 heterocycles. The number of aryl methyl sites for hydroxylation is 1. The molecule has 3 N–H and O–H groups in total. The van der Waals surface area contributed by atoms with E-state index in [0.717, 1.165) is 4.83 Å². The van der Waals surface area contributed by atoms with Gasteiger partial charge in [-0.15, -0.1) is 23.7 Å². The number of amides is 1. The van der Waals surface area contributed by atoms with Crippen molar-refractivity contribution in [2.75, 3.05) is 6.54 Å². The maximum absolute atomic E-state index is 12.1. The Bertz CT molecular complexity index is 680. The standard InChI is InChI=1S/C13H18N4O2S.ClH/c1-13(2,7-14)16-10(18)3-5-17-8-15-11-9(12(17)19)4-6-20-11;/h4,6,8H,3,5,7,14H2,1-2H3,(H,16,18);1H. The summed E-state index contributed by atoms with van der Waals surface area (Å²) in [5, 5.41) is 5.26. The van der Waals surface area contributed by atoms with E-state index in [2.05, 4.69) is 10.3 Å². The van der Waals surface area contributed by atoms with Gasteiger partial charge in [0.25, 0.3) is 5.56 Å². The van der Waals surface area contributed by atoms with Crippen LogP contribution in [0, 0.1) is 0 Å². The number of aromatic nitrogens is 2. The van der Waals surface area contributed by atoms with Crippen LogP contribution in [0.2, 0.25) is 0 Å². The zero-order chi connectivity index (χ0) is 14.8. The van der Waals surface area contributed by atoms with Crippen LogP contribution in [0.25, 0.3) is 10.2 Å². The van der Waals surface area contributed by atoms with Gasteiger partial charge in [-0.05, 0) is 25.3 Å². The van der Waals surface area contributed by atoms with Crippen LogP contribution >= 0.6 is 23.7 Å². The van der Waals surface area contributed by atoms with Gasteiger partial charge >= 0.3 is 0 Å². The maximum Gasteiger partial charge on any atom is 0.262 e. The first kappa shape index (κ1) is 17.6. The molecule has 116 valence electrons. The van der Waals surface area contributed by atoms with E-state index in [4.69, 9.17) is 5.73 Å². The second kappa shape index (κ2) is 7.02. The van der Waals surface area contributed by atoms with Gasteiger partial charge in [0, 0.05) is 25.0 Å². The molecule has 0 aliphatic carbocycles. The van der Waals surface area contributed by atoms with Gasteiger partial charge in [0.15, 0.2) is 0 Å². The van der Waals surface area contributed by atoms with Crippen LogP contribution in [0.5, 0.6) is 0 Å². The monoisotopic (exact) mass is 330 g/mol. The van der Waals surface area contributed by atoms with E-state index in [1.165, 1.54) is 22.2 Å². The number of nitrogens with zero attached hydrogens (tertiary/aromatic N) is 2. The summed E-state index contributed by atoms with van der Waals surface area (Å²) >= 11 is 1.43. The molecular weight excluding hydrogens is 312 g/mol. The molecule has 0 radical (unpaired) electrons. The average molecular weight is 331 g/mol. The number of nitrogens with one attached hydrogen (secondary N) is 1. The summed E-state index contributed by atoms with van der Waals surface area (Å²) < 4.78 is 1.46. The van der Waals surface area contributed by atoms with Crippen molar-refractivity contribution >= 4 is 39.9 Å². The maximum atomic E-state index is 12.1. The van der Waals surface area contributed by atoms with Crippen LogP contribution in [0.4, 0.5) is 0 Å². The molecule has 2 rings (SSSR count). The van der Waals surface area contributed by atoms with Gasteiger partial charge in [0.2, 0.25) is 5.91 Å². The number of thiophene rings is 1. The van der Waals surface area contributed by atoms with Crippen molar-refractivity contribution in [2.45, 2.75) is 32.4 Å². The molecule has 2 aromatic heterocycles. The molecule has 0 aliphatic heterocycles. The minimum atomic E-state index is -0.433. The van der Waals surface area contributed by atoms with Crippen LogP contribution in [-0.4, -0.2) is 27.5 Å². The van der Waals surface area contributed by atoms with E-state index in [1.807, 2.05) is 19.2 Å². The molecule has 2 aromatic rings. The van der Waals surface area contributed by atoms with Crippen LogP contribution in [-0.2, 0) is 11.3 Å². The van der Waals surface area contributed by atoms with E-state index < -0.39 is 5.54 Å². The van der Waals surface area contributed by atoms with E-state index in [0.29, 0.717) is 18.5 Å². The number of rotatable bonds is 5. The fourth-order valence-electron chi connectivity index (χ4n) is 1.77. The summed E-state index contributed by atoms with van der Waals surface area (Å²) in [6.07, 6.45) is 1.71. The minimum Gasteiger partial charge on any atom is -0.350 e. The van der Waals surface area contributed by atoms with Gasteiger partial charge in [0.05, 0.1) is 11.7 Å². The Kier molecular flexibility index (Phi) is 5.88. The van der Waals surface area contributed by atoms with Crippen molar-refractivity contribution in [3.05, 3.63) is 28.1 Å². The van der Waals surface area contributed by atoms with E-state index in [9.17, 15) is 9.59 Å². The third kappa shape index (κ3) is 4.26. The normalized spacial score (nSPS) is 11.2. The fourth-order valence-corrected chi connectivity index (χ4v) is 2.49. The summed E-state index contributed by atoms with van der Waals surface area (Å²) in [5.74, 6) is -0.127. The zero-order valence-electron chi connectivity index (χ0n) is 12.0. The number of hydrogen-bond donors (Lipinski definition) is 2. The Morgan fingerprint density at radius 3 is 2.90 bits per heavy atom. The lowest BCUT2D eigenvalue weighted by Crippen LogP contribution is -2.49. The first-order valence-corrected chi connectivity index (χ1v) is 7.24. The van der Waals surface area contributed by atoms with Crippen molar-refractivity contribution < 1.29 is 4.79 Å². The average Bonchev–Trinajstić information content (AvgIpc) is 2.86. The number of fused-ring (bicyclic) bond motifs is 1. The second-order valence-electron chi connectivity index (χ2n) is 5.27. The van der Waals surface area contributed by atoms with Crippen molar-refractivity contribution in [3.63, 3.8) is 0 Å². The van der Waals surface area contributed by atoms with Crippen molar-refractivity contribution in [1.29, 1.82) is 0 Å². The molecule has 8 heteroatoms. The Morgan fingerprint density at radius 2 is 2.24 bits per heavy atom. The third-order valence-corrected chi connectivity index (χ3v) is 3.84. The summed E-state index contributed by atoms with van der Waals surface area (Å²) in [6.45, 7) is 4.39. The zero-order valence-corrected chi connectivity index (χ0v) is 13.6. The fraction of sp³-hybridized carbons (Fsp3) is 0.462. The predicted octanol–water partition coefficient (Wildman–Crippen LogP) is 1.12. The summed E-state index contributed by atoms with van der Waals surface area (Å²) in [4.78, 5) is 28.9. The number of halogens is 1. The van der Waals surface area contributed by atoms with Gasteiger partial charge in [-0.1, -0.05) is 0 Å². The van der Waals surface area contributed by atoms with Gasteiger partial charge in [0.1, 0.15) is 4.83 Å². The number of nitrogens with two attached hydrogens (primary N) is 1. The van der Waals surface area contributed by atoms with Crippen LogP contribution in [0.15, 0.2) is 22.6 Å². The minimum absolute atomic E-state index is 0. The smallest absolute Gasteiger partial charge is 0.262 e. The lowest BCUT2D eigenvalue weighted by molar-refractivity contribution is -0.122.